The van der Waals surface area contributed by atoms with Crippen LogP contribution in [0, 0.1) is 0 Å². The topological polar surface area (TPSA) is 58.6 Å². The molecule has 0 aliphatic carbocycles. The van der Waals surface area contributed by atoms with E-state index in [0.717, 1.165) is 4.88 Å². The van der Waals surface area contributed by atoms with Crippen molar-refractivity contribution in [3.8, 4) is 0 Å². The summed E-state index contributed by atoms with van der Waals surface area (Å²) in [6, 6.07) is 3.63. The molecule has 1 aromatic rings. The minimum Gasteiger partial charge on any atom is -0.375 e. The van der Waals surface area contributed by atoms with Crippen LogP contribution in [0.4, 0.5) is 0 Å². The van der Waals surface area contributed by atoms with Gasteiger partial charge in [-0.3, -0.25) is 9.59 Å². The monoisotopic (exact) mass is 296 g/mol. The molecule has 110 valence electrons. The van der Waals surface area contributed by atoms with Crippen molar-refractivity contribution in [3.05, 3.63) is 22.4 Å². The maximum absolute atomic E-state index is 12.4. The first-order valence-corrected chi connectivity index (χ1v) is 7.64. The summed E-state index contributed by atoms with van der Waals surface area (Å²) in [5, 5.41) is 4.81. The first-order chi connectivity index (χ1) is 9.56. The fraction of sp³-hybridized carbons (Fsp3) is 0.571. The lowest BCUT2D eigenvalue weighted by molar-refractivity contribution is -0.138. The summed E-state index contributed by atoms with van der Waals surface area (Å²) in [5.41, 5.74) is 0. The highest BCUT2D eigenvalue weighted by atomic mass is 32.1. The van der Waals surface area contributed by atoms with Crippen LogP contribution in [-0.4, -0.2) is 42.5 Å². The maximum Gasteiger partial charge on any atom is 0.225 e. The van der Waals surface area contributed by atoms with Crippen LogP contribution in [0.3, 0.4) is 0 Å². The molecule has 2 heterocycles. The Hall–Kier alpha value is -1.40. The summed E-state index contributed by atoms with van der Waals surface area (Å²) in [6.07, 6.45) is 0.376. The Morgan fingerprint density at radius 3 is 3.00 bits per heavy atom. The molecule has 0 radical (unpaired) electrons. The van der Waals surface area contributed by atoms with Crippen LogP contribution in [-0.2, 0) is 14.3 Å². The van der Waals surface area contributed by atoms with Gasteiger partial charge in [-0.2, -0.15) is 0 Å². The molecule has 1 aliphatic rings. The Morgan fingerprint density at radius 1 is 1.60 bits per heavy atom. The second-order valence-electron chi connectivity index (χ2n) is 4.99. The largest absolute Gasteiger partial charge is 0.375 e. The van der Waals surface area contributed by atoms with Gasteiger partial charge in [-0.1, -0.05) is 6.07 Å². The number of ether oxygens (including phenoxy) is 1. The second-order valence-corrected chi connectivity index (χ2v) is 5.97. The van der Waals surface area contributed by atoms with E-state index in [9.17, 15) is 9.59 Å². The standard InChI is InChI=1S/C14H20N2O3S/c1-10-9-16(5-6-19-10)14(18)8-12(15-11(2)17)13-4-3-7-20-13/h3-4,7,10,12H,5-6,8-9H2,1-2H3,(H,15,17)/t10-,12-/m0/s1. The van der Waals surface area contributed by atoms with Gasteiger partial charge in [0.05, 0.1) is 25.2 Å². The van der Waals surface area contributed by atoms with Gasteiger partial charge < -0.3 is 15.0 Å². The molecule has 20 heavy (non-hydrogen) atoms. The highest BCUT2D eigenvalue weighted by molar-refractivity contribution is 7.10. The molecule has 6 heteroatoms. The summed E-state index contributed by atoms with van der Waals surface area (Å²) in [5.74, 6) is -0.0566. The van der Waals surface area contributed by atoms with E-state index in [1.165, 1.54) is 6.92 Å². The molecule has 0 aromatic carbocycles. The highest BCUT2D eigenvalue weighted by Crippen LogP contribution is 2.23. The molecule has 2 rings (SSSR count). The number of amides is 2. The van der Waals surface area contributed by atoms with Gasteiger partial charge in [-0.05, 0) is 18.4 Å². The van der Waals surface area contributed by atoms with Crippen LogP contribution in [0.2, 0.25) is 0 Å². The van der Waals surface area contributed by atoms with Crippen LogP contribution >= 0.6 is 11.3 Å². The summed E-state index contributed by atoms with van der Waals surface area (Å²) in [7, 11) is 0. The van der Waals surface area contributed by atoms with Gasteiger partial charge in [-0.25, -0.2) is 0 Å². The molecule has 1 saturated heterocycles. The number of carbonyl (C=O) groups is 2. The lowest BCUT2D eigenvalue weighted by atomic mass is 10.1. The van der Waals surface area contributed by atoms with Crippen molar-refractivity contribution in [3.63, 3.8) is 0 Å². The normalized spacial score (nSPS) is 20.5. The van der Waals surface area contributed by atoms with Gasteiger partial charge in [-0.15, -0.1) is 11.3 Å². The number of hydrogen-bond acceptors (Lipinski definition) is 4. The van der Waals surface area contributed by atoms with Crippen molar-refractivity contribution >= 4 is 23.2 Å². The SMILES string of the molecule is CC(=O)N[C@@H](CC(=O)N1CCO[C@@H](C)C1)c1cccs1. The van der Waals surface area contributed by atoms with E-state index < -0.39 is 0 Å². The molecule has 0 saturated carbocycles. The van der Waals surface area contributed by atoms with E-state index in [-0.39, 0.29) is 24.0 Å². The van der Waals surface area contributed by atoms with Crippen molar-refractivity contribution in [2.45, 2.75) is 32.4 Å². The van der Waals surface area contributed by atoms with Crippen molar-refractivity contribution < 1.29 is 14.3 Å². The van der Waals surface area contributed by atoms with E-state index >= 15 is 0 Å². The van der Waals surface area contributed by atoms with Gasteiger partial charge in [0.15, 0.2) is 0 Å². The number of morpholine rings is 1. The zero-order valence-electron chi connectivity index (χ0n) is 11.8. The Labute approximate surface area is 122 Å². The molecule has 1 fully saturated rings. The molecule has 1 aromatic heterocycles. The molecule has 0 bridgehead atoms. The molecule has 2 amide bonds. The molecular formula is C14H20N2O3S. The van der Waals surface area contributed by atoms with Gasteiger partial charge in [0.1, 0.15) is 0 Å². The second kappa shape index (κ2) is 6.85. The lowest BCUT2D eigenvalue weighted by Gasteiger charge is -2.32. The number of nitrogens with one attached hydrogen (secondary N) is 1. The molecular weight excluding hydrogens is 276 g/mol. The average molecular weight is 296 g/mol. The quantitative estimate of drug-likeness (QED) is 0.917. The minimum absolute atomic E-state index is 0.0623. The third-order valence-electron chi connectivity index (χ3n) is 3.24. The molecule has 0 unspecified atom stereocenters. The molecule has 2 atom stereocenters. The van der Waals surface area contributed by atoms with Crippen molar-refractivity contribution in [2.75, 3.05) is 19.7 Å². The Kier molecular flexibility index (Phi) is 5.14. The summed E-state index contributed by atoms with van der Waals surface area (Å²) >= 11 is 1.55. The van der Waals surface area contributed by atoms with E-state index in [1.807, 2.05) is 29.3 Å². The summed E-state index contributed by atoms with van der Waals surface area (Å²) in [4.78, 5) is 26.5. The lowest BCUT2D eigenvalue weighted by Crippen LogP contribution is -2.45. The summed E-state index contributed by atoms with van der Waals surface area (Å²) in [6.45, 7) is 5.26. The predicted molar refractivity (Wildman–Crippen MR) is 77.5 cm³/mol. The predicted octanol–water partition coefficient (Wildman–Crippen LogP) is 1.56. The first-order valence-electron chi connectivity index (χ1n) is 6.76. The Bertz CT molecular complexity index is 461. The van der Waals surface area contributed by atoms with Gasteiger partial charge in [0, 0.05) is 24.9 Å². The molecule has 5 nitrogen and oxygen atoms in total. The minimum atomic E-state index is -0.238. The molecule has 1 N–H and O–H groups in total. The van der Waals surface area contributed by atoms with E-state index in [1.54, 1.807) is 11.3 Å². The number of rotatable bonds is 4. The zero-order valence-corrected chi connectivity index (χ0v) is 12.6. The first kappa shape index (κ1) is 15.0. The maximum atomic E-state index is 12.4. The smallest absolute Gasteiger partial charge is 0.225 e. The zero-order chi connectivity index (χ0) is 14.5. The van der Waals surface area contributed by atoms with Crippen LogP contribution in [0.1, 0.15) is 31.2 Å². The van der Waals surface area contributed by atoms with Gasteiger partial charge in [0.25, 0.3) is 0 Å². The fourth-order valence-corrected chi connectivity index (χ4v) is 3.08. The number of carbonyl (C=O) groups excluding carboxylic acids is 2. The van der Waals surface area contributed by atoms with Crippen LogP contribution < -0.4 is 5.32 Å². The summed E-state index contributed by atoms with van der Waals surface area (Å²) < 4.78 is 5.44. The van der Waals surface area contributed by atoms with E-state index in [2.05, 4.69) is 5.32 Å². The van der Waals surface area contributed by atoms with Crippen LogP contribution in [0.15, 0.2) is 17.5 Å². The number of thiophene rings is 1. The average Bonchev–Trinajstić information content (AvgIpc) is 2.91. The van der Waals surface area contributed by atoms with Gasteiger partial charge in [0.2, 0.25) is 11.8 Å². The third-order valence-corrected chi connectivity index (χ3v) is 4.22. The fourth-order valence-electron chi connectivity index (χ4n) is 2.31. The van der Waals surface area contributed by atoms with Crippen LogP contribution in [0.25, 0.3) is 0 Å². The van der Waals surface area contributed by atoms with Crippen molar-refractivity contribution in [1.29, 1.82) is 0 Å². The Morgan fingerprint density at radius 2 is 2.40 bits per heavy atom. The number of hydrogen-bond donors (Lipinski definition) is 1. The van der Waals surface area contributed by atoms with Crippen LogP contribution in [0.5, 0.6) is 0 Å². The number of nitrogens with zero attached hydrogens (tertiary/aromatic N) is 1. The molecule has 1 aliphatic heterocycles. The highest BCUT2D eigenvalue weighted by Gasteiger charge is 2.25. The third kappa shape index (κ3) is 4.05. The van der Waals surface area contributed by atoms with Crippen molar-refractivity contribution in [2.24, 2.45) is 0 Å². The van der Waals surface area contributed by atoms with E-state index in [4.69, 9.17) is 4.74 Å². The molecule has 0 spiro atoms. The van der Waals surface area contributed by atoms with Crippen molar-refractivity contribution in [1.82, 2.24) is 10.2 Å². The Balaban J connectivity index is 2.00. The van der Waals surface area contributed by atoms with Gasteiger partial charge >= 0.3 is 0 Å². The van der Waals surface area contributed by atoms with E-state index in [0.29, 0.717) is 26.1 Å².